The monoisotopic (exact) mass is 392 g/mol. The van der Waals surface area contributed by atoms with Gasteiger partial charge in [0.2, 0.25) is 0 Å². The first-order valence-electron chi connectivity index (χ1n) is 11.4. The van der Waals surface area contributed by atoms with Crippen molar-refractivity contribution in [2.24, 2.45) is 11.3 Å². The number of aromatic hydroxyl groups is 1. The van der Waals surface area contributed by atoms with E-state index in [2.05, 4.69) is 45.9 Å². The summed E-state index contributed by atoms with van der Waals surface area (Å²) in [6, 6.07) is 10.7. The van der Waals surface area contributed by atoms with Gasteiger partial charge in [0.1, 0.15) is 11.5 Å². The van der Waals surface area contributed by atoms with Crippen molar-refractivity contribution in [3.05, 3.63) is 58.1 Å². The summed E-state index contributed by atoms with van der Waals surface area (Å²) in [5, 5.41) is 10.7. The molecule has 0 saturated heterocycles. The first-order chi connectivity index (χ1) is 13.8. The Hall–Kier alpha value is -1.96. The fourth-order valence-corrected chi connectivity index (χ4v) is 5.16. The lowest BCUT2D eigenvalue weighted by Crippen LogP contribution is -2.25. The van der Waals surface area contributed by atoms with Crippen molar-refractivity contribution < 1.29 is 9.84 Å². The van der Waals surface area contributed by atoms with Gasteiger partial charge in [0.05, 0.1) is 6.61 Å². The summed E-state index contributed by atoms with van der Waals surface area (Å²) < 4.78 is 5.82. The van der Waals surface area contributed by atoms with E-state index in [1.807, 2.05) is 6.07 Å². The van der Waals surface area contributed by atoms with Crippen molar-refractivity contribution in [3.8, 4) is 11.5 Å². The summed E-state index contributed by atoms with van der Waals surface area (Å²) in [4.78, 5) is 0. The standard InChI is InChI=1S/C27H36O2/c1-18(2)12-14-29-22-8-10-25(26(28)16-22)20-7-9-23-19(15-20)5-6-21-17-27(3,4)13-11-24(21)23/h5-6,8,10,16,18,20,28H,7,9,11-15,17H2,1-4H3. The second-order valence-electron chi connectivity index (χ2n) is 10.4. The number of phenolic OH excluding ortho intramolecular Hbond substituents is 1. The maximum Gasteiger partial charge on any atom is 0.122 e. The van der Waals surface area contributed by atoms with Gasteiger partial charge in [-0.15, -0.1) is 0 Å². The average Bonchev–Trinajstić information content (AvgIpc) is 2.66. The van der Waals surface area contributed by atoms with E-state index >= 15 is 0 Å². The number of rotatable bonds is 5. The highest BCUT2D eigenvalue weighted by Crippen LogP contribution is 2.43. The van der Waals surface area contributed by atoms with E-state index in [1.54, 1.807) is 22.8 Å². The Kier molecular flexibility index (Phi) is 5.64. The summed E-state index contributed by atoms with van der Waals surface area (Å²) >= 11 is 0. The van der Waals surface area contributed by atoms with Gasteiger partial charge in [-0.1, -0.05) is 45.9 Å². The Morgan fingerprint density at radius 3 is 2.59 bits per heavy atom. The molecule has 0 spiro atoms. The predicted octanol–water partition coefficient (Wildman–Crippen LogP) is 6.60. The van der Waals surface area contributed by atoms with E-state index in [1.165, 1.54) is 24.8 Å². The second-order valence-corrected chi connectivity index (χ2v) is 10.4. The minimum Gasteiger partial charge on any atom is -0.508 e. The molecule has 2 aromatic carbocycles. The Balaban J connectivity index is 1.49. The summed E-state index contributed by atoms with van der Waals surface area (Å²) in [7, 11) is 0. The molecule has 2 heteroatoms. The van der Waals surface area contributed by atoms with Crippen molar-refractivity contribution in [1.82, 2.24) is 0 Å². The third-order valence-electron chi connectivity index (χ3n) is 6.96. The molecule has 0 bridgehead atoms. The van der Waals surface area contributed by atoms with Crippen LogP contribution in [0.4, 0.5) is 0 Å². The number of hydrogen-bond acceptors (Lipinski definition) is 2. The highest BCUT2D eigenvalue weighted by molar-refractivity contribution is 5.48. The minimum absolute atomic E-state index is 0.389. The number of fused-ring (bicyclic) bond motifs is 3. The molecule has 1 unspecified atom stereocenters. The number of ether oxygens (including phenoxy) is 1. The fourth-order valence-electron chi connectivity index (χ4n) is 5.16. The molecule has 2 aromatic rings. The molecular weight excluding hydrogens is 356 g/mol. The summed E-state index contributed by atoms with van der Waals surface area (Å²) in [5.41, 5.74) is 7.83. The van der Waals surface area contributed by atoms with Crippen LogP contribution >= 0.6 is 0 Å². The molecular formula is C27H36O2. The van der Waals surface area contributed by atoms with Crippen molar-refractivity contribution in [2.75, 3.05) is 6.61 Å². The van der Waals surface area contributed by atoms with Crippen LogP contribution in [0.15, 0.2) is 30.3 Å². The quantitative estimate of drug-likeness (QED) is 0.621. The van der Waals surface area contributed by atoms with Crippen LogP contribution in [0, 0.1) is 11.3 Å². The lowest BCUT2D eigenvalue weighted by Gasteiger charge is -2.35. The van der Waals surface area contributed by atoms with Gasteiger partial charge >= 0.3 is 0 Å². The van der Waals surface area contributed by atoms with E-state index in [4.69, 9.17) is 4.74 Å². The molecule has 0 aliphatic heterocycles. The first-order valence-corrected chi connectivity index (χ1v) is 11.4. The average molecular weight is 393 g/mol. The maximum absolute atomic E-state index is 10.7. The Labute approximate surface area is 176 Å². The van der Waals surface area contributed by atoms with Crippen LogP contribution in [-0.4, -0.2) is 11.7 Å². The highest BCUT2D eigenvalue weighted by Gasteiger charge is 2.30. The predicted molar refractivity (Wildman–Crippen MR) is 120 cm³/mol. The van der Waals surface area contributed by atoms with Crippen LogP contribution in [0.2, 0.25) is 0 Å². The van der Waals surface area contributed by atoms with E-state index < -0.39 is 0 Å². The number of hydrogen-bond donors (Lipinski definition) is 1. The topological polar surface area (TPSA) is 29.5 Å². The van der Waals surface area contributed by atoms with Crippen molar-refractivity contribution in [2.45, 2.75) is 78.6 Å². The molecule has 0 saturated carbocycles. The summed E-state index contributed by atoms with van der Waals surface area (Å²) in [6.07, 6.45) is 8.04. The van der Waals surface area contributed by atoms with E-state index in [-0.39, 0.29) is 0 Å². The normalized spacial score (nSPS) is 20.2. The summed E-state index contributed by atoms with van der Waals surface area (Å²) in [5.74, 6) is 2.19. The molecule has 0 aromatic heterocycles. The lowest BCUT2D eigenvalue weighted by atomic mass is 9.70. The zero-order chi connectivity index (χ0) is 20.6. The van der Waals surface area contributed by atoms with E-state index in [0.29, 0.717) is 29.6 Å². The largest absolute Gasteiger partial charge is 0.508 e. The number of phenols is 1. The van der Waals surface area contributed by atoms with Crippen molar-refractivity contribution in [3.63, 3.8) is 0 Å². The molecule has 156 valence electrons. The zero-order valence-electron chi connectivity index (χ0n) is 18.6. The Bertz CT molecular complexity index is 878. The van der Waals surface area contributed by atoms with Gasteiger partial charge in [-0.3, -0.25) is 0 Å². The van der Waals surface area contributed by atoms with Crippen LogP contribution < -0.4 is 4.74 Å². The molecule has 2 aliphatic carbocycles. The SMILES string of the molecule is CC(C)CCOc1ccc(C2CCc3c(ccc4c3CCC(C)(C)C4)C2)c(O)c1. The summed E-state index contributed by atoms with van der Waals surface area (Å²) in [6.45, 7) is 9.88. The third-order valence-corrected chi connectivity index (χ3v) is 6.96. The third kappa shape index (κ3) is 4.47. The van der Waals surface area contributed by atoms with Crippen LogP contribution in [0.3, 0.4) is 0 Å². The minimum atomic E-state index is 0.389. The Morgan fingerprint density at radius 1 is 1.07 bits per heavy atom. The molecule has 0 radical (unpaired) electrons. The van der Waals surface area contributed by atoms with Gasteiger partial charge in [-0.2, -0.15) is 0 Å². The molecule has 4 rings (SSSR count). The smallest absolute Gasteiger partial charge is 0.122 e. The molecule has 1 N–H and O–H groups in total. The second kappa shape index (κ2) is 8.05. The van der Waals surface area contributed by atoms with Crippen LogP contribution in [0.25, 0.3) is 0 Å². The van der Waals surface area contributed by atoms with Gasteiger partial charge in [-0.25, -0.2) is 0 Å². The van der Waals surface area contributed by atoms with Gasteiger partial charge in [-0.05, 0) is 96.1 Å². The highest BCUT2D eigenvalue weighted by atomic mass is 16.5. The first kappa shape index (κ1) is 20.3. The molecule has 0 fully saturated rings. The lowest BCUT2D eigenvalue weighted by molar-refractivity contribution is 0.288. The van der Waals surface area contributed by atoms with Crippen LogP contribution in [0.1, 0.15) is 80.7 Å². The van der Waals surface area contributed by atoms with Crippen LogP contribution in [0.5, 0.6) is 11.5 Å². The van der Waals surface area contributed by atoms with Crippen LogP contribution in [-0.2, 0) is 25.7 Å². The van der Waals surface area contributed by atoms with Crippen molar-refractivity contribution >= 4 is 0 Å². The fraction of sp³-hybridized carbons (Fsp3) is 0.556. The van der Waals surface area contributed by atoms with Gasteiger partial charge in [0.25, 0.3) is 0 Å². The van der Waals surface area contributed by atoms with Gasteiger partial charge in [0.15, 0.2) is 0 Å². The molecule has 1 atom stereocenters. The molecule has 2 nitrogen and oxygen atoms in total. The zero-order valence-corrected chi connectivity index (χ0v) is 18.6. The number of benzene rings is 2. The molecule has 2 aliphatic rings. The maximum atomic E-state index is 10.7. The van der Waals surface area contributed by atoms with Gasteiger partial charge < -0.3 is 9.84 Å². The molecule has 0 heterocycles. The van der Waals surface area contributed by atoms with E-state index in [9.17, 15) is 5.11 Å². The Morgan fingerprint density at radius 2 is 1.83 bits per heavy atom. The molecule has 0 amide bonds. The van der Waals surface area contributed by atoms with Gasteiger partial charge in [0, 0.05) is 6.07 Å². The van der Waals surface area contributed by atoms with E-state index in [0.717, 1.165) is 37.0 Å². The van der Waals surface area contributed by atoms with Crippen molar-refractivity contribution in [1.29, 1.82) is 0 Å². The molecule has 29 heavy (non-hydrogen) atoms.